The van der Waals surface area contributed by atoms with Gasteiger partial charge in [0, 0.05) is 18.9 Å². The maximum absolute atomic E-state index is 12.2. The van der Waals surface area contributed by atoms with Crippen LogP contribution >= 0.6 is 0 Å². The molecule has 0 saturated heterocycles. The van der Waals surface area contributed by atoms with E-state index in [2.05, 4.69) is 10.3 Å². The van der Waals surface area contributed by atoms with Crippen LogP contribution in [0.3, 0.4) is 0 Å². The zero-order valence-corrected chi connectivity index (χ0v) is 12.2. The van der Waals surface area contributed by atoms with Gasteiger partial charge in [-0.25, -0.2) is 4.98 Å². The lowest BCUT2D eigenvalue weighted by molar-refractivity contribution is -0.125. The minimum absolute atomic E-state index is 0.0232. The summed E-state index contributed by atoms with van der Waals surface area (Å²) in [5, 5.41) is 3.06. The van der Waals surface area contributed by atoms with Crippen LogP contribution in [0.2, 0.25) is 0 Å². The van der Waals surface area contributed by atoms with Crippen LogP contribution in [0.4, 0.5) is 0 Å². The third-order valence-corrected chi connectivity index (χ3v) is 3.50. The van der Waals surface area contributed by atoms with Crippen molar-refractivity contribution in [2.45, 2.75) is 33.4 Å². The number of aryl methyl sites for hydroxylation is 1. The van der Waals surface area contributed by atoms with Crippen molar-refractivity contribution in [1.29, 1.82) is 0 Å². The molecule has 2 aromatic rings. The number of amides is 1. The highest BCUT2D eigenvalue weighted by atomic mass is 16.1. The predicted octanol–water partition coefficient (Wildman–Crippen LogP) is 2.71. The summed E-state index contributed by atoms with van der Waals surface area (Å²) in [4.78, 5) is 16.4. The zero-order valence-electron chi connectivity index (χ0n) is 12.2. The lowest BCUT2D eigenvalue weighted by Gasteiger charge is -2.18. The Morgan fingerprint density at radius 1 is 1.30 bits per heavy atom. The van der Waals surface area contributed by atoms with Gasteiger partial charge in [-0.2, -0.15) is 0 Å². The molecule has 1 aromatic carbocycles. The first-order valence-electron chi connectivity index (χ1n) is 6.91. The molecule has 0 unspecified atom stereocenters. The predicted molar refractivity (Wildman–Crippen MR) is 79.1 cm³/mol. The first kappa shape index (κ1) is 14.3. The molecule has 0 aliphatic heterocycles. The summed E-state index contributed by atoms with van der Waals surface area (Å²) in [6.07, 6.45) is 3.66. The van der Waals surface area contributed by atoms with E-state index < -0.39 is 0 Å². The summed E-state index contributed by atoms with van der Waals surface area (Å²) >= 11 is 0. The van der Waals surface area contributed by atoms with Crippen LogP contribution in [-0.4, -0.2) is 15.5 Å². The largest absolute Gasteiger partial charge is 0.349 e. The average molecular weight is 271 g/mol. The monoisotopic (exact) mass is 271 g/mol. The second kappa shape index (κ2) is 6.37. The third kappa shape index (κ3) is 3.47. The summed E-state index contributed by atoms with van der Waals surface area (Å²) in [6, 6.07) is 10.0. The number of rotatable bonds is 5. The molecule has 2 atom stereocenters. The molecule has 0 saturated carbocycles. The molecule has 1 amide bonds. The molecule has 0 aliphatic rings. The van der Waals surface area contributed by atoms with E-state index in [1.165, 1.54) is 0 Å². The number of imidazole rings is 1. The Hall–Kier alpha value is -2.10. The van der Waals surface area contributed by atoms with Gasteiger partial charge in [0.25, 0.3) is 0 Å². The van der Waals surface area contributed by atoms with Crippen molar-refractivity contribution >= 4 is 5.91 Å². The number of carbonyl (C=O) groups is 1. The van der Waals surface area contributed by atoms with Crippen LogP contribution in [0, 0.1) is 12.8 Å². The molecular formula is C16H21N3O. The summed E-state index contributed by atoms with van der Waals surface area (Å²) < 4.78 is 2.00. The maximum Gasteiger partial charge on any atom is 0.225 e. The number of nitrogens with one attached hydrogen (secondary N) is 1. The highest BCUT2D eigenvalue weighted by Gasteiger charge is 2.17. The minimum Gasteiger partial charge on any atom is -0.349 e. The van der Waals surface area contributed by atoms with E-state index >= 15 is 0 Å². The molecule has 0 radical (unpaired) electrons. The fourth-order valence-electron chi connectivity index (χ4n) is 2.16. The highest BCUT2D eigenvalue weighted by molar-refractivity contribution is 5.78. The van der Waals surface area contributed by atoms with Gasteiger partial charge in [-0.1, -0.05) is 37.3 Å². The van der Waals surface area contributed by atoms with Crippen molar-refractivity contribution in [3.05, 3.63) is 54.1 Å². The van der Waals surface area contributed by atoms with Crippen LogP contribution in [0.5, 0.6) is 0 Å². The van der Waals surface area contributed by atoms with Crippen LogP contribution in [0.25, 0.3) is 0 Å². The van der Waals surface area contributed by atoms with Crippen molar-refractivity contribution in [2.24, 2.45) is 5.92 Å². The molecule has 106 valence electrons. The zero-order chi connectivity index (χ0) is 14.5. The third-order valence-electron chi connectivity index (χ3n) is 3.50. The summed E-state index contributed by atoms with van der Waals surface area (Å²) in [7, 11) is 0. The Morgan fingerprint density at radius 3 is 2.60 bits per heavy atom. The Kier molecular flexibility index (Phi) is 4.56. The molecule has 0 bridgehead atoms. The van der Waals surface area contributed by atoms with Gasteiger partial charge in [-0.15, -0.1) is 0 Å². The van der Waals surface area contributed by atoms with Crippen LogP contribution < -0.4 is 5.32 Å². The molecule has 1 heterocycles. The Morgan fingerprint density at radius 2 is 2.00 bits per heavy atom. The van der Waals surface area contributed by atoms with Crippen molar-refractivity contribution in [1.82, 2.24) is 14.9 Å². The van der Waals surface area contributed by atoms with Gasteiger partial charge in [0.2, 0.25) is 5.91 Å². The first-order chi connectivity index (χ1) is 9.58. The van der Waals surface area contributed by atoms with Crippen LogP contribution in [-0.2, 0) is 11.3 Å². The lowest BCUT2D eigenvalue weighted by Crippen LogP contribution is -2.33. The number of hydrogen-bond acceptors (Lipinski definition) is 2. The average Bonchev–Trinajstić information content (AvgIpc) is 2.85. The van der Waals surface area contributed by atoms with E-state index in [4.69, 9.17) is 0 Å². The molecule has 2 rings (SSSR count). The molecular weight excluding hydrogens is 250 g/mol. The van der Waals surface area contributed by atoms with E-state index in [0.717, 1.165) is 11.4 Å². The van der Waals surface area contributed by atoms with Gasteiger partial charge < -0.3 is 9.88 Å². The summed E-state index contributed by atoms with van der Waals surface area (Å²) in [6.45, 7) is 6.53. The van der Waals surface area contributed by atoms with Crippen molar-refractivity contribution in [2.75, 3.05) is 0 Å². The van der Waals surface area contributed by atoms with Crippen LogP contribution in [0.15, 0.2) is 42.7 Å². The Balaban J connectivity index is 1.93. The molecule has 20 heavy (non-hydrogen) atoms. The highest BCUT2D eigenvalue weighted by Crippen LogP contribution is 2.13. The van der Waals surface area contributed by atoms with Gasteiger partial charge in [-0.05, 0) is 19.4 Å². The van der Waals surface area contributed by atoms with E-state index in [-0.39, 0.29) is 17.9 Å². The van der Waals surface area contributed by atoms with E-state index in [9.17, 15) is 4.79 Å². The van der Waals surface area contributed by atoms with Crippen LogP contribution in [0.1, 0.15) is 31.3 Å². The number of carbonyl (C=O) groups excluding carboxylic acids is 1. The quantitative estimate of drug-likeness (QED) is 0.909. The topological polar surface area (TPSA) is 46.9 Å². The fraction of sp³-hybridized carbons (Fsp3) is 0.375. The standard InChI is InChI=1S/C16H21N3O/c1-12(11-19-10-9-17-14(19)3)16(20)18-13(2)15-7-5-4-6-8-15/h4-10,12-13H,11H2,1-3H3,(H,18,20)/t12-,13+/m0/s1. The van der Waals surface area contributed by atoms with Gasteiger partial charge >= 0.3 is 0 Å². The van der Waals surface area contributed by atoms with Crippen molar-refractivity contribution < 1.29 is 4.79 Å². The Bertz CT molecular complexity index is 562. The summed E-state index contributed by atoms with van der Waals surface area (Å²) in [5.74, 6) is 0.907. The molecule has 0 aliphatic carbocycles. The lowest BCUT2D eigenvalue weighted by atomic mass is 10.1. The second-order valence-corrected chi connectivity index (χ2v) is 5.17. The molecule has 0 fully saturated rings. The number of hydrogen-bond donors (Lipinski definition) is 1. The minimum atomic E-state index is -0.0888. The SMILES string of the molecule is Cc1nccn1C[C@H](C)C(=O)N[C@H](C)c1ccccc1. The molecule has 4 nitrogen and oxygen atoms in total. The second-order valence-electron chi connectivity index (χ2n) is 5.17. The molecule has 1 aromatic heterocycles. The maximum atomic E-state index is 12.2. The smallest absolute Gasteiger partial charge is 0.225 e. The van der Waals surface area contributed by atoms with Gasteiger partial charge in [-0.3, -0.25) is 4.79 Å². The van der Waals surface area contributed by atoms with Gasteiger partial charge in [0.15, 0.2) is 0 Å². The number of nitrogens with zero attached hydrogens (tertiary/aromatic N) is 2. The van der Waals surface area contributed by atoms with Crippen molar-refractivity contribution in [3.8, 4) is 0 Å². The summed E-state index contributed by atoms with van der Waals surface area (Å²) in [5.41, 5.74) is 1.12. The number of aromatic nitrogens is 2. The number of benzene rings is 1. The molecule has 1 N–H and O–H groups in total. The fourth-order valence-corrected chi connectivity index (χ4v) is 2.16. The normalized spacial score (nSPS) is 13.8. The first-order valence-corrected chi connectivity index (χ1v) is 6.91. The Labute approximate surface area is 119 Å². The van der Waals surface area contributed by atoms with Crippen molar-refractivity contribution in [3.63, 3.8) is 0 Å². The van der Waals surface area contributed by atoms with Gasteiger partial charge in [0.05, 0.1) is 12.0 Å². The van der Waals surface area contributed by atoms with E-state index in [1.807, 2.05) is 61.9 Å². The van der Waals surface area contributed by atoms with Gasteiger partial charge in [0.1, 0.15) is 5.82 Å². The molecule has 0 spiro atoms. The molecule has 4 heteroatoms. The van der Waals surface area contributed by atoms with E-state index in [1.54, 1.807) is 6.20 Å². The van der Waals surface area contributed by atoms with E-state index in [0.29, 0.717) is 6.54 Å².